The van der Waals surface area contributed by atoms with E-state index in [4.69, 9.17) is 4.74 Å². The van der Waals surface area contributed by atoms with Gasteiger partial charge >= 0.3 is 6.18 Å². The predicted molar refractivity (Wildman–Crippen MR) is 82.8 cm³/mol. The molecule has 1 aliphatic rings. The summed E-state index contributed by atoms with van der Waals surface area (Å²) in [4.78, 5) is 14.1. The summed E-state index contributed by atoms with van der Waals surface area (Å²) in [6, 6.07) is 2.86. The molecule has 1 aromatic carbocycles. The number of aliphatic hydroxyl groups is 1. The number of amides is 1. The molecular formula is C17H20F3NO3. The Labute approximate surface area is 138 Å². The molecule has 1 fully saturated rings. The lowest BCUT2D eigenvalue weighted by atomic mass is 10.0. The summed E-state index contributed by atoms with van der Waals surface area (Å²) in [7, 11) is 0. The second-order valence-corrected chi connectivity index (χ2v) is 5.85. The van der Waals surface area contributed by atoms with Gasteiger partial charge in [0.15, 0.2) is 0 Å². The van der Waals surface area contributed by atoms with E-state index in [2.05, 4.69) is 6.58 Å². The Balaban J connectivity index is 2.31. The Kier molecular flexibility index (Phi) is 5.54. The number of rotatable bonds is 5. The van der Waals surface area contributed by atoms with E-state index in [1.165, 1.54) is 11.0 Å². The number of aliphatic hydroxyl groups excluding tert-OH is 1. The molecule has 0 radical (unpaired) electrons. The molecule has 1 saturated heterocycles. The van der Waals surface area contributed by atoms with Crippen molar-refractivity contribution in [1.82, 2.24) is 4.90 Å². The third kappa shape index (κ3) is 4.08. The van der Waals surface area contributed by atoms with Gasteiger partial charge in [0.25, 0.3) is 5.91 Å². The summed E-state index contributed by atoms with van der Waals surface area (Å²) < 4.78 is 44.2. The third-order valence-corrected chi connectivity index (χ3v) is 4.09. The first-order valence-electron chi connectivity index (χ1n) is 7.66. The zero-order valence-corrected chi connectivity index (χ0v) is 13.3. The van der Waals surface area contributed by atoms with Gasteiger partial charge in [-0.3, -0.25) is 4.79 Å². The van der Waals surface area contributed by atoms with Gasteiger partial charge in [0.05, 0.1) is 17.2 Å². The number of ether oxygens (including phenoxy) is 1. The van der Waals surface area contributed by atoms with E-state index in [-0.39, 0.29) is 23.8 Å². The molecule has 0 aliphatic carbocycles. The number of alkyl halides is 3. The first-order chi connectivity index (χ1) is 11.2. The lowest BCUT2D eigenvalue weighted by Gasteiger charge is -2.20. The predicted octanol–water partition coefficient (Wildman–Crippen LogP) is 3.11. The number of carbonyl (C=O) groups is 1. The Morgan fingerprint density at radius 1 is 1.54 bits per heavy atom. The molecule has 4 nitrogen and oxygen atoms in total. The highest BCUT2D eigenvalue weighted by Gasteiger charge is 2.34. The van der Waals surface area contributed by atoms with Crippen LogP contribution in [0, 0.1) is 5.92 Å². The van der Waals surface area contributed by atoms with Crippen LogP contribution in [0.4, 0.5) is 13.2 Å². The van der Waals surface area contributed by atoms with Gasteiger partial charge in [-0.1, -0.05) is 12.7 Å². The molecule has 0 saturated carbocycles. The number of carbonyl (C=O) groups excluding carboxylic acids is 1. The summed E-state index contributed by atoms with van der Waals surface area (Å²) in [5.74, 6) is -0.506. The normalized spacial score (nSPS) is 19.2. The molecule has 2 unspecified atom stereocenters. The smallest absolute Gasteiger partial charge is 0.416 e. The summed E-state index contributed by atoms with van der Waals surface area (Å²) >= 11 is 0. The van der Waals surface area contributed by atoms with Crippen molar-refractivity contribution in [2.45, 2.75) is 25.6 Å². The van der Waals surface area contributed by atoms with Gasteiger partial charge in [0, 0.05) is 19.0 Å². The number of hydrogen-bond acceptors (Lipinski definition) is 3. The summed E-state index contributed by atoms with van der Waals surface area (Å²) in [6.07, 6.45) is -3.05. The fraction of sp³-hybridized carbons (Fsp3) is 0.471. The standard InChI is InChI=1S/C17H20F3NO3/c1-3-8-24-15-5-4-13(17(18,19)20)9-14(15)16(23)21-7-6-12(10-21)11(2)22/h3-5,9,11-12,22H,1,6-8,10H2,2H3. The zero-order chi connectivity index (χ0) is 17.9. The Morgan fingerprint density at radius 3 is 2.79 bits per heavy atom. The van der Waals surface area contributed by atoms with E-state index in [9.17, 15) is 23.1 Å². The number of nitrogens with zero attached hydrogens (tertiary/aromatic N) is 1. The minimum absolute atomic E-state index is 0.0720. The first kappa shape index (κ1) is 18.3. The second-order valence-electron chi connectivity index (χ2n) is 5.85. The largest absolute Gasteiger partial charge is 0.489 e. The van der Waals surface area contributed by atoms with E-state index in [0.717, 1.165) is 18.2 Å². The van der Waals surface area contributed by atoms with Gasteiger partial charge in [0.1, 0.15) is 12.4 Å². The molecule has 1 aromatic rings. The molecular weight excluding hydrogens is 323 g/mol. The highest BCUT2D eigenvalue weighted by atomic mass is 19.4. The molecule has 24 heavy (non-hydrogen) atoms. The Bertz CT molecular complexity index is 614. The van der Waals surface area contributed by atoms with Crippen LogP contribution in [0.3, 0.4) is 0 Å². The quantitative estimate of drug-likeness (QED) is 0.836. The highest BCUT2D eigenvalue weighted by Crippen LogP contribution is 2.34. The molecule has 0 aromatic heterocycles. The van der Waals surface area contributed by atoms with Crippen LogP contribution in [0.25, 0.3) is 0 Å². The van der Waals surface area contributed by atoms with Crippen molar-refractivity contribution < 1.29 is 27.8 Å². The molecule has 132 valence electrons. The van der Waals surface area contributed by atoms with E-state index in [1.54, 1.807) is 6.92 Å². The maximum Gasteiger partial charge on any atom is 0.416 e. The minimum atomic E-state index is -4.54. The summed E-state index contributed by atoms with van der Waals surface area (Å²) in [5.41, 5.74) is -1.03. The van der Waals surface area contributed by atoms with Crippen molar-refractivity contribution >= 4 is 5.91 Å². The molecule has 1 aliphatic heterocycles. The van der Waals surface area contributed by atoms with Crippen molar-refractivity contribution in [3.8, 4) is 5.75 Å². The van der Waals surface area contributed by atoms with Gasteiger partial charge in [-0.2, -0.15) is 13.2 Å². The zero-order valence-electron chi connectivity index (χ0n) is 13.3. The topological polar surface area (TPSA) is 49.8 Å². The van der Waals surface area contributed by atoms with Gasteiger partial charge in [-0.15, -0.1) is 0 Å². The van der Waals surface area contributed by atoms with Gasteiger partial charge in [0.2, 0.25) is 0 Å². The first-order valence-corrected chi connectivity index (χ1v) is 7.66. The van der Waals surface area contributed by atoms with Gasteiger partial charge in [-0.25, -0.2) is 0 Å². The fourth-order valence-corrected chi connectivity index (χ4v) is 2.68. The Hall–Kier alpha value is -2.02. The van der Waals surface area contributed by atoms with Crippen molar-refractivity contribution in [1.29, 1.82) is 0 Å². The second kappa shape index (κ2) is 7.25. The van der Waals surface area contributed by atoms with E-state index in [0.29, 0.717) is 19.5 Å². The van der Waals surface area contributed by atoms with Crippen LogP contribution in [-0.2, 0) is 6.18 Å². The summed E-state index contributed by atoms with van der Waals surface area (Å²) in [6.45, 7) is 5.92. The van der Waals surface area contributed by atoms with Crippen molar-refractivity contribution in [2.24, 2.45) is 5.92 Å². The van der Waals surface area contributed by atoms with E-state index in [1.807, 2.05) is 0 Å². The van der Waals surface area contributed by atoms with Crippen molar-refractivity contribution in [3.05, 3.63) is 42.0 Å². The molecule has 0 bridgehead atoms. The highest BCUT2D eigenvalue weighted by molar-refractivity contribution is 5.97. The third-order valence-electron chi connectivity index (χ3n) is 4.09. The van der Waals surface area contributed by atoms with E-state index >= 15 is 0 Å². The molecule has 7 heteroatoms. The molecule has 2 atom stereocenters. The van der Waals surface area contributed by atoms with Crippen LogP contribution in [0.2, 0.25) is 0 Å². The molecule has 0 spiro atoms. The van der Waals surface area contributed by atoms with Crippen LogP contribution in [-0.4, -0.2) is 41.7 Å². The van der Waals surface area contributed by atoms with Crippen LogP contribution >= 0.6 is 0 Å². The average Bonchev–Trinajstić information content (AvgIpc) is 3.01. The fourth-order valence-electron chi connectivity index (χ4n) is 2.68. The number of halogens is 3. The van der Waals surface area contributed by atoms with Crippen LogP contribution in [0.15, 0.2) is 30.9 Å². The van der Waals surface area contributed by atoms with Crippen molar-refractivity contribution in [2.75, 3.05) is 19.7 Å². The summed E-state index contributed by atoms with van der Waals surface area (Å²) in [5, 5.41) is 9.62. The van der Waals surface area contributed by atoms with Crippen molar-refractivity contribution in [3.63, 3.8) is 0 Å². The average molecular weight is 343 g/mol. The van der Waals surface area contributed by atoms with Crippen LogP contribution in [0.1, 0.15) is 29.3 Å². The monoisotopic (exact) mass is 343 g/mol. The number of hydrogen-bond donors (Lipinski definition) is 1. The number of likely N-dealkylation sites (tertiary alicyclic amines) is 1. The van der Waals surface area contributed by atoms with Crippen LogP contribution in [0.5, 0.6) is 5.75 Å². The van der Waals surface area contributed by atoms with E-state index < -0.39 is 23.8 Å². The maximum absolute atomic E-state index is 12.9. The lowest BCUT2D eigenvalue weighted by molar-refractivity contribution is -0.137. The van der Waals surface area contributed by atoms with Gasteiger partial charge < -0.3 is 14.7 Å². The Morgan fingerprint density at radius 2 is 2.25 bits per heavy atom. The molecule has 1 amide bonds. The lowest BCUT2D eigenvalue weighted by Crippen LogP contribution is -2.31. The SMILES string of the molecule is C=CCOc1ccc(C(F)(F)F)cc1C(=O)N1CCC(C(C)O)C1. The molecule has 2 rings (SSSR count). The van der Waals surface area contributed by atoms with Gasteiger partial charge in [-0.05, 0) is 31.5 Å². The minimum Gasteiger partial charge on any atom is -0.489 e. The number of benzene rings is 1. The molecule has 1 N–H and O–H groups in total. The van der Waals surface area contributed by atoms with Crippen LogP contribution < -0.4 is 4.74 Å². The molecule has 1 heterocycles. The maximum atomic E-state index is 12.9.